The lowest BCUT2D eigenvalue weighted by Gasteiger charge is -2.07. The van der Waals surface area contributed by atoms with Gasteiger partial charge in [-0.05, 0) is 41.5 Å². The lowest BCUT2D eigenvalue weighted by Crippen LogP contribution is -2.21. The molecular formula is C25H17N3O5. The fourth-order valence-corrected chi connectivity index (χ4v) is 3.28. The molecule has 4 rings (SSSR count). The van der Waals surface area contributed by atoms with E-state index in [0.717, 1.165) is 11.1 Å². The van der Waals surface area contributed by atoms with Crippen molar-refractivity contribution in [1.29, 1.82) is 0 Å². The SMILES string of the molecule is O=C(O)c1ccc(Cn2cnc3ccc(C#CCc4ccc([N+](=O)[O-])cc4)cc3c2=O)cc1. The molecular weight excluding hydrogens is 422 g/mol. The third kappa shape index (κ3) is 4.94. The van der Waals surface area contributed by atoms with Crippen molar-refractivity contribution in [1.82, 2.24) is 9.55 Å². The highest BCUT2D eigenvalue weighted by Gasteiger charge is 2.07. The first kappa shape index (κ1) is 21.5. The molecule has 0 amide bonds. The van der Waals surface area contributed by atoms with Gasteiger partial charge in [0.25, 0.3) is 11.2 Å². The van der Waals surface area contributed by atoms with E-state index >= 15 is 0 Å². The van der Waals surface area contributed by atoms with Crippen molar-refractivity contribution in [2.24, 2.45) is 0 Å². The predicted octanol–water partition coefficient (Wildman–Crippen LogP) is 3.65. The van der Waals surface area contributed by atoms with E-state index < -0.39 is 10.9 Å². The van der Waals surface area contributed by atoms with E-state index in [1.54, 1.807) is 42.5 Å². The summed E-state index contributed by atoms with van der Waals surface area (Å²) in [5, 5.41) is 20.2. The molecule has 0 aliphatic carbocycles. The molecule has 0 saturated heterocycles. The second-order valence-corrected chi connectivity index (χ2v) is 7.31. The number of aromatic nitrogens is 2. The maximum absolute atomic E-state index is 13.0. The van der Waals surface area contributed by atoms with Crippen LogP contribution in [-0.4, -0.2) is 25.6 Å². The van der Waals surface area contributed by atoms with Crippen LogP contribution in [0.1, 0.15) is 27.0 Å². The topological polar surface area (TPSA) is 115 Å². The molecule has 0 unspecified atom stereocenters. The van der Waals surface area contributed by atoms with Crippen LogP contribution in [0.2, 0.25) is 0 Å². The summed E-state index contributed by atoms with van der Waals surface area (Å²) in [6, 6.07) is 17.7. The number of non-ortho nitro benzene ring substituents is 1. The van der Waals surface area contributed by atoms with E-state index in [4.69, 9.17) is 5.11 Å². The van der Waals surface area contributed by atoms with Crippen molar-refractivity contribution in [3.63, 3.8) is 0 Å². The second kappa shape index (κ2) is 9.16. The quantitative estimate of drug-likeness (QED) is 0.288. The smallest absolute Gasteiger partial charge is 0.335 e. The molecule has 0 aliphatic rings. The summed E-state index contributed by atoms with van der Waals surface area (Å²) >= 11 is 0. The Morgan fingerprint density at radius 2 is 1.73 bits per heavy atom. The molecule has 1 heterocycles. The van der Waals surface area contributed by atoms with Gasteiger partial charge in [0.1, 0.15) is 0 Å². The molecule has 8 heteroatoms. The fourth-order valence-electron chi connectivity index (χ4n) is 3.28. The first-order chi connectivity index (χ1) is 15.9. The minimum absolute atomic E-state index is 0.0304. The molecule has 0 spiro atoms. The standard InChI is InChI=1S/C25H17N3O5/c29-24-22-14-18(3-1-2-17-6-11-21(12-7-17)28(32)33)8-13-23(22)26-16-27(24)15-19-4-9-20(10-5-19)25(30)31/h4-14,16H,2,15H2,(H,30,31). The number of nitro groups is 1. The van der Waals surface area contributed by atoms with Crippen LogP contribution >= 0.6 is 0 Å². The number of carboxylic acids is 1. The molecule has 0 fully saturated rings. The number of nitro benzene ring substituents is 1. The number of aromatic carboxylic acids is 1. The summed E-state index contributed by atoms with van der Waals surface area (Å²) in [6.07, 6.45) is 1.88. The number of hydrogen-bond acceptors (Lipinski definition) is 5. The van der Waals surface area contributed by atoms with Crippen molar-refractivity contribution in [3.8, 4) is 11.8 Å². The Hall–Kier alpha value is -4.77. The van der Waals surface area contributed by atoms with E-state index in [1.165, 1.54) is 35.2 Å². The largest absolute Gasteiger partial charge is 0.478 e. The van der Waals surface area contributed by atoms with Crippen LogP contribution in [-0.2, 0) is 13.0 Å². The van der Waals surface area contributed by atoms with Gasteiger partial charge in [0.2, 0.25) is 0 Å². The summed E-state index contributed by atoms with van der Waals surface area (Å²) in [5.41, 5.74) is 2.84. The van der Waals surface area contributed by atoms with Crippen molar-refractivity contribution < 1.29 is 14.8 Å². The van der Waals surface area contributed by atoms with Crippen LogP contribution in [0.3, 0.4) is 0 Å². The van der Waals surface area contributed by atoms with E-state index in [-0.39, 0.29) is 23.4 Å². The summed E-state index contributed by atoms with van der Waals surface area (Å²) in [6.45, 7) is 0.262. The molecule has 0 bridgehead atoms. The van der Waals surface area contributed by atoms with Gasteiger partial charge in [-0.3, -0.25) is 19.5 Å². The monoisotopic (exact) mass is 439 g/mol. The van der Waals surface area contributed by atoms with Gasteiger partial charge in [0.15, 0.2) is 0 Å². The molecule has 3 aromatic carbocycles. The van der Waals surface area contributed by atoms with Gasteiger partial charge in [-0.25, -0.2) is 9.78 Å². The van der Waals surface area contributed by atoms with Gasteiger partial charge < -0.3 is 5.11 Å². The predicted molar refractivity (Wildman–Crippen MR) is 122 cm³/mol. The fraction of sp³-hybridized carbons (Fsp3) is 0.0800. The van der Waals surface area contributed by atoms with Crippen LogP contribution in [0.4, 0.5) is 5.69 Å². The minimum atomic E-state index is -1.01. The molecule has 0 radical (unpaired) electrons. The van der Waals surface area contributed by atoms with Gasteiger partial charge in [0, 0.05) is 24.1 Å². The number of benzene rings is 3. The van der Waals surface area contributed by atoms with Crippen LogP contribution in [0, 0.1) is 22.0 Å². The molecule has 0 aliphatic heterocycles. The normalized spacial score (nSPS) is 10.4. The average molecular weight is 439 g/mol. The first-order valence-electron chi connectivity index (χ1n) is 9.94. The highest BCUT2D eigenvalue weighted by molar-refractivity contribution is 5.87. The molecule has 4 aromatic rings. The third-order valence-corrected chi connectivity index (χ3v) is 5.05. The molecule has 162 valence electrons. The number of carboxylic acid groups (broad SMARTS) is 1. The van der Waals surface area contributed by atoms with Gasteiger partial charge in [0.05, 0.1) is 34.3 Å². The van der Waals surface area contributed by atoms with Crippen molar-refractivity contribution in [3.05, 3.63) is 116 Å². The van der Waals surface area contributed by atoms with Gasteiger partial charge in [-0.2, -0.15) is 0 Å². The summed E-state index contributed by atoms with van der Waals surface area (Å²) in [4.78, 5) is 38.6. The number of hydrogen-bond donors (Lipinski definition) is 1. The van der Waals surface area contributed by atoms with E-state index in [2.05, 4.69) is 16.8 Å². The molecule has 8 nitrogen and oxygen atoms in total. The van der Waals surface area contributed by atoms with Gasteiger partial charge in [-0.1, -0.05) is 36.1 Å². The summed E-state index contributed by atoms with van der Waals surface area (Å²) in [7, 11) is 0. The third-order valence-electron chi connectivity index (χ3n) is 5.05. The first-order valence-corrected chi connectivity index (χ1v) is 9.94. The molecule has 0 saturated carbocycles. The highest BCUT2D eigenvalue weighted by Crippen LogP contribution is 2.13. The van der Waals surface area contributed by atoms with Crippen LogP contribution in [0.5, 0.6) is 0 Å². The summed E-state index contributed by atoms with van der Waals surface area (Å²) < 4.78 is 1.46. The average Bonchev–Trinajstić information content (AvgIpc) is 2.82. The lowest BCUT2D eigenvalue weighted by molar-refractivity contribution is -0.384. The number of rotatable bonds is 5. The Morgan fingerprint density at radius 3 is 2.39 bits per heavy atom. The minimum Gasteiger partial charge on any atom is -0.478 e. The summed E-state index contributed by atoms with van der Waals surface area (Å²) in [5.74, 6) is 5.04. The molecule has 1 N–H and O–H groups in total. The van der Waals surface area contributed by atoms with Crippen LogP contribution in [0.15, 0.2) is 77.9 Å². The van der Waals surface area contributed by atoms with E-state index in [1.807, 2.05) is 0 Å². The van der Waals surface area contributed by atoms with E-state index in [0.29, 0.717) is 22.9 Å². The lowest BCUT2D eigenvalue weighted by atomic mass is 10.1. The highest BCUT2D eigenvalue weighted by atomic mass is 16.6. The zero-order valence-electron chi connectivity index (χ0n) is 17.3. The second-order valence-electron chi connectivity index (χ2n) is 7.31. The maximum Gasteiger partial charge on any atom is 0.335 e. The maximum atomic E-state index is 13.0. The van der Waals surface area contributed by atoms with E-state index in [9.17, 15) is 19.7 Å². The Balaban J connectivity index is 1.55. The Kier molecular flexibility index (Phi) is 5.96. The van der Waals surface area contributed by atoms with Crippen LogP contribution in [0.25, 0.3) is 10.9 Å². The Morgan fingerprint density at radius 1 is 1.03 bits per heavy atom. The zero-order chi connectivity index (χ0) is 23.4. The zero-order valence-corrected chi connectivity index (χ0v) is 17.3. The van der Waals surface area contributed by atoms with Gasteiger partial charge in [-0.15, -0.1) is 0 Å². The molecule has 0 atom stereocenters. The van der Waals surface area contributed by atoms with Crippen molar-refractivity contribution in [2.45, 2.75) is 13.0 Å². The Labute approximate surface area is 187 Å². The number of fused-ring (bicyclic) bond motifs is 1. The van der Waals surface area contributed by atoms with Crippen molar-refractivity contribution >= 4 is 22.6 Å². The van der Waals surface area contributed by atoms with Gasteiger partial charge >= 0.3 is 5.97 Å². The van der Waals surface area contributed by atoms with Crippen molar-refractivity contribution in [2.75, 3.05) is 0 Å². The molecule has 1 aromatic heterocycles. The molecule has 33 heavy (non-hydrogen) atoms. The number of carbonyl (C=O) groups is 1. The van der Waals surface area contributed by atoms with Crippen LogP contribution < -0.4 is 5.56 Å². The Bertz CT molecular complexity index is 1480. The number of nitrogens with zero attached hydrogens (tertiary/aromatic N) is 3.